The van der Waals surface area contributed by atoms with E-state index in [4.69, 9.17) is 5.11 Å². The van der Waals surface area contributed by atoms with Crippen LogP contribution in [-0.2, 0) is 23.3 Å². The maximum absolute atomic E-state index is 10.6. The van der Waals surface area contributed by atoms with Crippen molar-refractivity contribution in [1.82, 2.24) is 14.8 Å². The summed E-state index contributed by atoms with van der Waals surface area (Å²) in [6.45, 7) is 6.94. The molecule has 2 aromatic rings. The number of carbonyl (C=O) groups is 1. The van der Waals surface area contributed by atoms with Crippen LogP contribution >= 0.6 is 11.3 Å². The second-order valence-corrected chi connectivity index (χ2v) is 6.67. The van der Waals surface area contributed by atoms with Crippen molar-refractivity contribution in [2.75, 3.05) is 5.32 Å². The van der Waals surface area contributed by atoms with E-state index in [1.54, 1.807) is 23.7 Å². The summed E-state index contributed by atoms with van der Waals surface area (Å²) >= 11 is 1.68. The summed E-state index contributed by atoms with van der Waals surface area (Å²) in [5, 5.41) is 17.0. The highest BCUT2D eigenvalue weighted by atomic mass is 32.1. The van der Waals surface area contributed by atoms with E-state index in [0.29, 0.717) is 6.54 Å². The molecular formula is C13H18N4O2S. The Balaban J connectivity index is 1.93. The lowest BCUT2D eigenvalue weighted by atomic mass is 9.98. The van der Waals surface area contributed by atoms with Crippen LogP contribution in [0.25, 0.3) is 0 Å². The van der Waals surface area contributed by atoms with E-state index in [2.05, 4.69) is 36.2 Å². The summed E-state index contributed by atoms with van der Waals surface area (Å²) in [5.41, 5.74) is 0.868. The minimum atomic E-state index is -0.906. The Morgan fingerprint density at radius 2 is 2.20 bits per heavy atom. The zero-order chi connectivity index (χ0) is 14.8. The molecule has 108 valence electrons. The molecule has 7 heteroatoms. The molecule has 0 bridgehead atoms. The number of aromatic nitrogens is 3. The van der Waals surface area contributed by atoms with Crippen molar-refractivity contribution in [3.05, 3.63) is 28.5 Å². The van der Waals surface area contributed by atoms with Gasteiger partial charge in [0.25, 0.3) is 0 Å². The van der Waals surface area contributed by atoms with Crippen LogP contribution < -0.4 is 5.32 Å². The summed E-state index contributed by atoms with van der Waals surface area (Å²) in [6.07, 6.45) is 5.17. The smallest absolute Gasteiger partial charge is 0.325 e. The minimum Gasteiger partial charge on any atom is -0.480 e. The van der Waals surface area contributed by atoms with Gasteiger partial charge < -0.3 is 10.4 Å². The lowest BCUT2D eigenvalue weighted by Crippen LogP contribution is -2.09. The first kappa shape index (κ1) is 14.5. The molecule has 0 radical (unpaired) electrons. The fourth-order valence-corrected chi connectivity index (χ4v) is 2.51. The minimum absolute atomic E-state index is 0.0648. The highest BCUT2D eigenvalue weighted by molar-refractivity contribution is 7.11. The molecule has 2 N–H and O–H groups in total. The van der Waals surface area contributed by atoms with Crippen LogP contribution in [0, 0.1) is 0 Å². The molecular weight excluding hydrogens is 276 g/mol. The van der Waals surface area contributed by atoms with Gasteiger partial charge in [-0.25, -0.2) is 4.98 Å². The molecule has 6 nitrogen and oxygen atoms in total. The number of carboxylic acid groups (broad SMARTS) is 1. The molecule has 0 aliphatic heterocycles. The van der Waals surface area contributed by atoms with Crippen molar-refractivity contribution < 1.29 is 9.90 Å². The Hall–Kier alpha value is -1.89. The molecule has 0 amide bonds. The Morgan fingerprint density at radius 3 is 2.80 bits per heavy atom. The number of hydrogen-bond acceptors (Lipinski definition) is 5. The average molecular weight is 294 g/mol. The maximum atomic E-state index is 10.6. The summed E-state index contributed by atoms with van der Waals surface area (Å²) in [6, 6.07) is 0. The van der Waals surface area contributed by atoms with Gasteiger partial charge in [-0.3, -0.25) is 9.48 Å². The average Bonchev–Trinajstić information content (AvgIpc) is 2.93. The van der Waals surface area contributed by atoms with Crippen LogP contribution in [0.4, 0.5) is 5.69 Å². The highest BCUT2D eigenvalue weighted by Gasteiger charge is 2.17. The first-order valence-corrected chi connectivity index (χ1v) is 7.09. The van der Waals surface area contributed by atoms with Gasteiger partial charge in [0.2, 0.25) is 0 Å². The first-order chi connectivity index (χ1) is 9.34. The molecule has 2 aromatic heterocycles. The van der Waals surface area contributed by atoms with E-state index in [1.165, 1.54) is 4.68 Å². The number of hydrogen-bond donors (Lipinski definition) is 2. The van der Waals surface area contributed by atoms with Crippen LogP contribution in [0.2, 0.25) is 0 Å². The number of thiazole rings is 1. The summed E-state index contributed by atoms with van der Waals surface area (Å²) < 4.78 is 1.39. The molecule has 0 aliphatic carbocycles. The molecule has 0 saturated carbocycles. The van der Waals surface area contributed by atoms with E-state index < -0.39 is 5.97 Å². The van der Waals surface area contributed by atoms with Crippen LogP contribution in [0.3, 0.4) is 0 Å². The number of aliphatic carboxylic acids is 1. The largest absolute Gasteiger partial charge is 0.480 e. The van der Waals surface area contributed by atoms with E-state index in [-0.39, 0.29) is 12.0 Å². The fourth-order valence-electron chi connectivity index (χ4n) is 1.61. The summed E-state index contributed by atoms with van der Waals surface area (Å²) in [5.74, 6) is -0.906. The second kappa shape index (κ2) is 5.62. The van der Waals surface area contributed by atoms with Gasteiger partial charge in [0, 0.05) is 22.7 Å². The molecule has 0 atom stereocenters. The predicted octanol–water partition coefficient (Wildman–Crippen LogP) is 2.33. The number of anilines is 1. The van der Waals surface area contributed by atoms with Crippen LogP contribution in [0.5, 0.6) is 0 Å². The summed E-state index contributed by atoms with van der Waals surface area (Å²) in [4.78, 5) is 16.1. The van der Waals surface area contributed by atoms with Crippen molar-refractivity contribution >= 4 is 23.0 Å². The quantitative estimate of drug-likeness (QED) is 0.884. The molecule has 0 unspecified atom stereocenters. The molecule has 0 fully saturated rings. The van der Waals surface area contributed by atoms with Gasteiger partial charge in [-0.2, -0.15) is 5.10 Å². The van der Waals surface area contributed by atoms with Crippen molar-refractivity contribution in [3.8, 4) is 0 Å². The molecule has 0 saturated heterocycles. The third kappa shape index (κ3) is 3.80. The van der Waals surface area contributed by atoms with Crippen LogP contribution in [0.1, 0.15) is 30.7 Å². The van der Waals surface area contributed by atoms with Gasteiger partial charge in [0.05, 0.1) is 23.4 Å². The van der Waals surface area contributed by atoms with Crippen LogP contribution in [0.15, 0.2) is 18.6 Å². The van der Waals surface area contributed by atoms with Crippen molar-refractivity contribution in [1.29, 1.82) is 0 Å². The van der Waals surface area contributed by atoms with Crippen molar-refractivity contribution in [2.24, 2.45) is 0 Å². The van der Waals surface area contributed by atoms with E-state index in [9.17, 15) is 4.79 Å². The van der Waals surface area contributed by atoms with Gasteiger partial charge >= 0.3 is 5.97 Å². The van der Waals surface area contributed by atoms with Gasteiger partial charge in [-0.15, -0.1) is 11.3 Å². The zero-order valence-corrected chi connectivity index (χ0v) is 12.6. The van der Waals surface area contributed by atoms with Gasteiger partial charge in [0.15, 0.2) is 0 Å². The third-order valence-corrected chi connectivity index (χ3v) is 4.02. The molecule has 20 heavy (non-hydrogen) atoms. The van der Waals surface area contributed by atoms with Crippen LogP contribution in [-0.4, -0.2) is 25.8 Å². The molecule has 0 spiro atoms. The lowest BCUT2D eigenvalue weighted by Gasteiger charge is -2.13. The second-order valence-electron chi connectivity index (χ2n) is 5.56. The van der Waals surface area contributed by atoms with E-state index >= 15 is 0 Å². The van der Waals surface area contributed by atoms with Gasteiger partial charge in [-0.05, 0) is 0 Å². The molecule has 2 heterocycles. The summed E-state index contributed by atoms with van der Waals surface area (Å²) in [7, 11) is 0. The normalized spacial score (nSPS) is 11.6. The predicted molar refractivity (Wildman–Crippen MR) is 78.0 cm³/mol. The first-order valence-electron chi connectivity index (χ1n) is 6.28. The number of nitrogens with zero attached hydrogens (tertiary/aromatic N) is 3. The zero-order valence-electron chi connectivity index (χ0n) is 11.8. The third-order valence-electron chi connectivity index (χ3n) is 2.59. The number of nitrogens with one attached hydrogen (secondary N) is 1. The Bertz CT molecular complexity index is 598. The molecule has 2 rings (SSSR count). The highest BCUT2D eigenvalue weighted by Crippen LogP contribution is 2.27. The fraction of sp³-hybridized carbons (Fsp3) is 0.462. The van der Waals surface area contributed by atoms with Crippen molar-refractivity contribution in [2.45, 2.75) is 39.3 Å². The Kier molecular flexibility index (Phi) is 4.08. The maximum Gasteiger partial charge on any atom is 0.325 e. The van der Waals surface area contributed by atoms with E-state index in [0.717, 1.165) is 15.6 Å². The number of carboxylic acids is 1. The van der Waals surface area contributed by atoms with Gasteiger partial charge in [-0.1, -0.05) is 20.8 Å². The Morgan fingerprint density at radius 1 is 1.45 bits per heavy atom. The SMILES string of the molecule is CC(C)(C)c1ncc(CNc2cnn(CC(=O)O)c2)s1. The van der Waals surface area contributed by atoms with Gasteiger partial charge in [0.1, 0.15) is 6.54 Å². The monoisotopic (exact) mass is 294 g/mol. The van der Waals surface area contributed by atoms with E-state index in [1.807, 2.05) is 6.20 Å². The lowest BCUT2D eigenvalue weighted by molar-refractivity contribution is -0.137. The Labute approximate surface area is 121 Å². The standard InChI is InChI=1S/C13H18N4O2S/c1-13(2,3)12-15-6-10(20-12)5-14-9-4-16-17(7-9)8-11(18)19/h4,6-7,14H,5,8H2,1-3H3,(H,18,19). The topological polar surface area (TPSA) is 80.0 Å². The number of rotatable bonds is 5. The van der Waals surface area contributed by atoms with Crippen molar-refractivity contribution in [3.63, 3.8) is 0 Å². The molecule has 0 aromatic carbocycles. The molecule has 0 aliphatic rings.